The molecule has 9 nitrogen and oxygen atoms in total. The van der Waals surface area contributed by atoms with Crippen LogP contribution >= 0.6 is 0 Å². The second-order valence-electron chi connectivity index (χ2n) is 9.74. The van der Waals surface area contributed by atoms with Gasteiger partial charge in [0.25, 0.3) is 0 Å². The maximum Gasteiger partial charge on any atom is 0.339 e. The van der Waals surface area contributed by atoms with Gasteiger partial charge >= 0.3 is 11.6 Å². The molecule has 0 unspecified atom stereocenters. The van der Waals surface area contributed by atoms with Crippen molar-refractivity contribution in [3.05, 3.63) is 80.9 Å². The number of hydrogen-bond donors (Lipinski definition) is 3. The Balaban J connectivity index is 1.44. The summed E-state index contributed by atoms with van der Waals surface area (Å²) in [5.74, 6) is -1.38. The summed E-state index contributed by atoms with van der Waals surface area (Å²) in [6, 6.07) is 10.6. The highest BCUT2D eigenvalue weighted by Gasteiger charge is 2.26. The molecule has 2 aromatic heterocycles. The third-order valence-corrected chi connectivity index (χ3v) is 7.14. The number of furan rings is 1. The summed E-state index contributed by atoms with van der Waals surface area (Å²) in [7, 11) is 0. The van der Waals surface area contributed by atoms with Crippen LogP contribution in [0.3, 0.4) is 0 Å². The van der Waals surface area contributed by atoms with E-state index < -0.39 is 35.5 Å². The van der Waals surface area contributed by atoms with E-state index in [0.29, 0.717) is 16.7 Å². The van der Waals surface area contributed by atoms with Crippen LogP contribution in [0.2, 0.25) is 0 Å². The molecule has 2 heterocycles. The number of amides is 2. The Labute approximate surface area is 225 Å². The number of rotatable bonds is 10. The molecule has 0 aliphatic heterocycles. The average Bonchev–Trinajstić information content (AvgIpc) is 3.18. The number of fused-ring (bicyclic) bond motifs is 2. The Bertz CT molecular complexity index is 1600. The van der Waals surface area contributed by atoms with E-state index in [2.05, 4.69) is 10.6 Å². The first kappa shape index (κ1) is 27.6. The topological polar surface area (TPSA) is 139 Å². The molecule has 0 spiro atoms. The Kier molecular flexibility index (Phi) is 8.18. The second-order valence-corrected chi connectivity index (χ2v) is 9.74. The molecule has 4 aromatic rings. The number of aliphatic carboxylic acids is 1. The number of aryl methyl sites for hydroxylation is 3. The maximum atomic E-state index is 12.8. The monoisotopic (exact) mass is 532 g/mol. The second kappa shape index (κ2) is 11.6. The summed E-state index contributed by atoms with van der Waals surface area (Å²) >= 11 is 0. The largest absolute Gasteiger partial charge is 0.480 e. The highest BCUT2D eigenvalue weighted by Crippen LogP contribution is 2.31. The van der Waals surface area contributed by atoms with Crippen LogP contribution in [-0.4, -0.2) is 35.0 Å². The van der Waals surface area contributed by atoms with E-state index >= 15 is 0 Å². The fourth-order valence-corrected chi connectivity index (χ4v) is 4.69. The number of nitrogens with one attached hydrogen (secondary N) is 2. The van der Waals surface area contributed by atoms with Crippen molar-refractivity contribution < 1.29 is 28.3 Å². The van der Waals surface area contributed by atoms with Gasteiger partial charge in [-0.15, -0.1) is 0 Å². The Morgan fingerprint density at radius 2 is 1.56 bits per heavy atom. The molecule has 9 heteroatoms. The predicted octanol–water partition coefficient (Wildman–Crippen LogP) is 4.10. The SMILES string of the molecule is CC[C@H](NC(=O)CCc1c(C)c2cc3c(C)c(C)oc3cc2oc1=O)C(=O)N[C@@H](Cc1ccccc1)C(=O)O. The molecular weight excluding hydrogens is 500 g/mol. The van der Waals surface area contributed by atoms with E-state index in [0.717, 1.165) is 33.2 Å². The van der Waals surface area contributed by atoms with Crippen molar-refractivity contribution in [2.45, 2.75) is 65.5 Å². The van der Waals surface area contributed by atoms with Gasteiger partial charge in [0.2, 0.25) is 11.8 Å². The van der Waals surface area contributed by atoms with Crippen LogP contribution < -0.4 is 16.3 Å². The van der Waals surface area contributed by atoms with Crippen LogP contribution in [0.4, 0.5) is 0 Å². The van der Waals surface area contributed by atoms with Gasteiger partial charge < -0.3 is 24.6 Å². The number of hydrogen-bond acceptors (Lipinski definition) is 6. The number of benzene rings is 2. The molecule has 0 saturated carbocycles. The van der Waals surface area contributed by atoms with E-state index in [4.69, 9.17) is 8.83 Å². The van der Waals surface area contributed by atoms with Crippen LogP contribution in [0, 0.1) is 20.8 Å². The molecule has 2 atom stereocenters. The molecule has 2 amide bonds. The average molecular weight is 533 g/mol. The van der Waals surface area contributed by atoms with E-state index in [9.17, 15) is 24.3 Å². The zero-order chi connectivity index (χ0) is 28.3. The normalized spacial score (nSPS) is 12.8. The van der Waals surface area contributed by atoms with E-state index in [-0.39, 0.29) is 25.7 Å². The first-order chi connectivity index (χ1) is 18.6. The third kappa shape index (κ3) is 6.03. The van der Waals surface area contributed by atoms with Crippen molar-refractivity contribution >= 4 is 39.7 Å². The van der Waals surface area contributed by atoms with E-state index in [1.165, 1.54) is 0 Å². The smallest absolute Gasteiger partial charge is 0.339 e. The summed E-state index contributed by atoms with van der Waals surface area (Å²) in [5, 5.41) is 16.5. The minimum absolute atomic E-state index is 0.0423. The Morgan fingerprint density at radius 1 is 0.897 bits per heavy atom. The zero-order valence-electron chi connectivity index (χ0n) is 22.4. The van der Waals surface area contributed by atoms with E-state index in [1.54, 1.807) is 37.3 Å². The molecule has 0 aliphatic rings. The molecule has 2 aromatic carbocycles. The van der Waals surface area contributed by atoms with Crippen LogP contribution in [-0.2, 0) is 27.2 Å². The van der Waals surface area contributed by atoms with E-state index in [1.807, 2.05) is 32.9 Å². The van der Waals surface area contributed by atoms with Gasteiger partial charge in [0.15, 0.2) is 0 Å². The summed E-state index contributed by atoms with van der Waals surface area (Å²) in [4.78, 5) is 50.1. The number of carbonyl (C=O) groups is 3. The molecule has 0 radical (unpaired) electrons. The van der Waals surface area contributed by atoms with Crippen LogP contribution in [0.25, 0.3) is 21.9 Å². The van der Waals surface area contributed by atoms with Crippen molar-refractivity contribution in [1.29, 1.82) is 0 Å². The van der Waals surface area contributed by atoms with Crippen molar-refractivity contribution in [3.8, 4) is 0 Å². The summed E-state index contributed by atoms with van der Waals surface area (Å²) < 4.78 is 11.3. The van der Waals surface area contributed by atoms with Crippen molar-refractivity contribution in [2.24, 2.45) is 0 Å². The third-order valence-electron chi connectivity index (χ3n) is 7.14. The first-order valence-corrected chi connectivity index (χ1v) is 12.9. The fraction of sp³-hybridized carbons (Fsp3) is 0.333. The van der Waals surface area contributed by atoms with Crippen molar-refractivity contribution in [2.75, 3.05) is 0 Å². The molecule has 0 saturated heterocycles. The lowest BCUT2D eigenvalue weighted by molar-refractivity contribution is -0.142. The van der Waals surface area contributed by atoms with Gasteiger partial charge in [0, 0.05) is 35.2 Å². The quantitative estimate of drug-likeness (QED) is 0.261. The first-order valence-electron chi connectivity index (χ1n) is 12.9. The number of carboxylic acid groups (broad SMARTS) is 1. The molecule has 0 bridgehead atoms. The fourth-order valence-electron chi connectivity index (χ4n) is 4.69. The Hall–Kier alpha value is -4.40. The zero-order valence-corrected chi connectivity index (χ0v) is 22.4. The van der Waals surface area contributed by atoms with Crippen LogP contribution in [0.5, 0.6) is 0 Å². The Morgan fingerprint density at radius 3 is 2.23 bits per heavy atom. The molecule has 0 fully saturated rings. The predicted molar refractivity (Wildman–Crippen MR) is 147 cm³/mol. The van der Waals surface area contributed by atoms with Gasteiger partial charge in [0.1, 0.15) is 29.0 Å². The maximum absolute atomic E-state index is 12.8. The summed E-state index contributed by atoms with van der Waals surface area (Å²) in [6.45, 7) is 7.39. The molecular formula is C30H32N2O7. The lowest BCUT2D eigenvalue weighted by Gasteiger charge is -2.20. The van der Waals surface area contributed by atoms with Gasteiger partial charge in [-0.2, -0.15) is 0 Å². The standard InChI is InChI=1S/C30H32N2O7/c1-5-23(28(34)32-24(29(35)36)13-19-9-7-6-8-10-19)31-27(33)12-11-20-17(3)22-14-21-16(2)18(4)38-25(21)15-26(22)39-30(20)37/h6-10,14-15,23-24H,5,11-13H2,1-4H3,(H,31,33)(H,32,34)(H,35,36)/t23-,24-/m0/s1. The van der Waals surface area contributed by atoms with Gasteiger partial charge in [-0.3, -0.25) is 9.59 Å². The van der Waals surface area contributed by atoms with Crippen molar-refractivity contribution in [1.82, 2.24) is 10.6 Å². The van der Waals surface area contributed by atoms with Gasteiger partial charge in [-0.05, 0) is 56.4 Å². The number of carbonyl (C=O) groups excluding carboxylic acids is 2. The summed E-state index contributed by atoms with van der Waals surface area (Å²) in [6.07, 6.45) is 0.472. The van der Waals surface area contributed by atoms with Gasteiger partial charge in [-0.25, -0.2) is 9.59 Å². The number of carboxylic acids is 1. The minimum Gasteiger partial charge on any atom is -0.480 e. The van der Waals surface area contributed by atoms with Crippen LogP contribution in [0.15, 0.2) is 56.1 Å². The van der Waals surface area contributed by atoms with Gasteiger partial charge in [0.05, 0.1) is 0 Å². The highest BCUT2D eigenvalue weighted by molar-refractivity contribution is 5.97. The van der Waals surface area contributed by atoms with Crippen molar-refractivity contribution in [3.63, 3.8) is 0 Å². The summed E-state index contributed by atoms with van der Waals surface area (Å²) in [5.41, 5.74) is 3.43. The van der Waals surface area contributed by atoms with Gasteiger partial charge in [-0.1, -0.05) is 37.3 Å². The highest BCUT2D eigenvalue weighted by atomic mass is 16.4. The lowest BCUT2D eigenvalue weighted by Crippen LogP contribution is -2.52. The molecule has 3 N–H and O–H groups in total. The minimum atomic E-state index is -1.16. The van der Waals surface area contributed by atoms with Crippen LogP contribution in [0.1, 0.15) is 47.8 Å². The molecule has 4 rings (SSSR count). The molecule has 204 valence electrons. The molecule has 0 aliphatic carbocycles. The lowest BCUT2D eigenvalue weighted by atomic mass is 10.00. The molecule has 39 heavy (non-hydrogen) atoms.